The molecule has 0 spiro atoms. The Labute approximate surface area is 146 Å². The van der Waals surface area contributed by atoms with Gasteiger partial charge in [-0.05, 0) is 55.5 Å². The average Bonchev–Trinajstić information content (AvgIpc) is 2.53. The SMILES string of the molecule is N#Cc1ccnc(Nc2cc(C3(C#N)CCC3)cc(N3CCC3)n2)c1. The van der Waals surface area contributed by atoms with E-state index in [1.807, 2.05) is 6.07 Å². The summed E-state index contributed by atoms with van der Waals surface area (Å²) in [6, 6.07) is 12.0. The van der Waals surface area contributed by atoms with Crippen molar-refractivity contribution in [2.75, 3.05) is 23.3 Å². The lowest BCUT2D eigenvalue weighted by atomic mass is 9.65. The molecule has 1 aliphatic heterocycles. The van der Waals surface area contributed by atoms with Crippen molar-refractivity contribution in [1.29, 1.82) is 10.5 Å². The van der Waals surface area contributed by atoms with E-state index in [9.17, 15) is 5.26 Å². The van der Waals surface area contributed by atoms with E-state index in [0.717, 1.165) is 43.7 Å². The molecule has 3 heterocycles. The number of pyridine rings is 2. The maximum absolute atomic E-state index is 9.69. The number of hydrogen-bond acceptors (Lipinski definition) is 6. The Morgan fingerprint density at radius 3 is 2.52 bits per heavy atom. The monoisotopic (exact) mass is 330 g/mol. The van der Waals surface area contributed by atoms with Gasteiger partial charge in [-0.3, -0.25) is 0 Å². The first-order valence-electron chi connectivity index (χ1n) is 8.54. The fourth-order valence-electron chi connectivity index (χ4n) is 3.26. The zero-order valence-electron chi connectivity index (χ0n) is 13.9. The van der Waals surface area contributed by atoms with Crippen molar-refractivity contribution in [3.05, 3.63) is 41.6 Å². The average molecular weight is 330 g/mol. The second-order valence-electron chi connectivity index (χ2n) is 6.65. The third kappa shape index (κ3) is 2.77. The van der Waals surface area contributed by atoms with Crippen molar-refractivity contribution < 1.29 is 0 Å². The highest BCUT2D eigenvalue weighted by Gasteiger charge is 2.40. The number of aromatic nitrogens is 2. The molecule has 2 aromatic rings. The van der Waals surface area contributed by atoms with E-state index in [4.69, 9.17) is 10.2 Å². The summed E-state index contributed by atoms with van der Waals surface area (Å²) >= 11 is 0. The van der Waals surface area contributed by atoms with Crippen LogP contribution in [0.2, 0.25) is 0 Å². The Morgan fingerprint density at radius 1 is 1.08 bits per heavy atom. The van der Waals surface area contributed by atoms with Crippen LogP contribution in [0.25, 0.3) is 0 Å². The van der Waals surface area contributed by atoms with Gasteiger partial charge in [-0.1, -0.05) is 0 Å². The second kappa shape index (κ2) is 6.07. The van der Waals surface area contributed by atoms with E-state index >= 15 is 0 Å². The lowest BCUT2D eigenvalue weighted by molar-refractivity contribution is 0.324. The standard InChI is InChI=1S/C19H18N6/c20-12-14-3-6-22-16(9-14)23-17-10-15(19(13-21)4-1-5-19)11-18(24-17)25-7-2-8-25/h3,6,9-11H,1-2,4-5,7-8H2,(H,22,23,24). The van der Waals surface area contributed by atoms with Gasteiger partial charge in [0.05, 0.1) is 23.1 Å². The van der Waals surface area contributed by atoms with E-state index < -0.39 is 0 Å². The Balaban J connectivity index is 1.71. The van der Waals surface area contributed by atoms with Gasteiger partial charge in [-0.25, -0.2) is 9.97 Å². The Bertz CT molecular complexity index is 884. The molecule has 1 N–H and O–H groups in total. The van der Waals surface area contributed by atoms with Crippen molar-refractivity contribution in [3.63, 3.8) is 0 Å². The molecule has 0 bridgehead atoms. The molecule has 0 unspecified atom stereocenters. The van der Waals surface area contributed by atoms with Gasteiger partial charge in [0.15, 0.2) is 0 Å². The molecule has 2 fully saturated rings. The highest BCUT2D eigenvalue weighted by molar-refractivity contribution is 5.60. The summed E-state index contributed by atoms with van der Waals surface area (Å²) in [6.45, 7) is 2.00. The van der Waals surface area contributed by atoms with Crippen molar-refractivity contribution in [2.24, 2.45) is 0 Å². The van der Waals surface area contributed by atoms with Crippen LogP contribution in [0.4, 0.5) is 17.5 Å². The largest absolute Gasteiger partial charge is 0.356 e. The minimum Gasteiger partial charge on any atom is -0.356 e. The van der Waals surface area contributed by atoms with E-state index in [2.05, 4.69) is 33.4 Å². The smallest absolute Gasteiger partial charge is 0.134 e. The third-order valence-corrected chi connectivity index (χ3v) is 5.11. The summed E-state index contributed by atoms with van der Waals surface area (Å²) in [7, 11) is 0. The molecule has 1 saturated carbocycles. The molecule has 2 aliphatic rings. The maximum Gasteiger partial charge on any atom is 0.134 e. The molecule has 0 atom stereocenters. The summed E-state index contributed by atoms with van der Waals surface area (Å²) in [5.41, 5.74) is 1.18. The predicted octanol–water partition coefficient (Wildman–Crippen LogP) is 3.25. The maximum atomic E-state index is 9.69. The Kier molecular flexibility index (Phi) is 3.74. The van der Waals surface area contributed by atoms with E-state index in [0.29, 0.717) is 17.2 Å². The Morgan fingerprint density at radius 2 is 1.92 bits per heavy atom. The van der Waals surface area contributed by atoms with Crippen LogP contribution in [0.5, 0.6) is 0 Å². The number of nitrogens with zero attached hydrogens (tertiary/aromatic N) is 5. The first kappa shape index (κ1) is 15.4. The highest BCUT2D eigenvalue weighted by atomic mass is 15.2. The van der Waals surface area contributed by atoms with Crippen LogP contribution in [0.3, 0.4) is 0 Å². The fraction of sp³-hybridized carbons (Fsp3) is 0.368. The first-order valence-corrected chi connectivity index (χ1v) is 8.54. The van der Waals surface area contributed by atoms with Crippen LogP contribution in [-0.2, 0) is 5.41 Å². The molecule has 1 aliphatic carbocycles. The minimum absolute atomic E-state index is 0.388. The van der Waals surface area contributed by atoms with Gasteiger partial charge in [0.2, 0.25) is 0 Å². The molecule has 6 heteroatoms. The van der Waals surface area contributed by atoms with Crippen LogP contribution in [0.15, 0.2) is 30.5 Å². The topological polar surface area (TPSA) is 88.6 Å². The van der Waals surface area contributed by atoms with Crippen LogP contribution >= 0.6 is 0 Å². The number of nitriles is 2. The summed E-state index contributed by atoms with van der Waals surface area (Å²) in [6.07, 6.45) is 5.65. The minimum atomic E-state index is -0.388. The first-order chi connectivity index (χ1) is 12.2. The molecular formula is C19H18N6. The van der Waals surface area contributed by atoms with Gasteiger partial charge in [0.25, 0.3) is 0 Å². The van der Waals surface area contributed by atoms with E-state index in [-0.39, 0.29) is 5.41 Å². The second-order valence-corrected chi connectivity index (χ2v) is 6.65. The normalized spacial score (nSPS) is 17.6. The van der Waals surface area contributed by atoms with Crippen molar-refractivity contribution in [1.82, 2.24) is 9.97 Å². The molecule has 0 radical (unpaired) electrons. The highest BCUT2D eigenvalue weighted by Crippen LogP contribution is 2.44. The lowest BCUT2D eigenvalue weighted by Gasteiger charge is -2.38. The molecule has 124 valence electrons. The van der Waals surface area contributed by atoms with Crippen molar-refractivity contribution in [3.8, 4) is 12.1 Å². The quantitative estimate of drug-likeness (QED) is 0.925. The van der Waals surface area contributed by atoms with Gasteiger partial charge in [-0.15, -0.1) is 0 Å². The number of anilines is 3. The summed E-state index contributed by atoms with van der Waals surface area (Å²) in [5.74, 6) is 2.16. The van der Waals surface area contributed by atoms with E-state index in [1.165, 1.54) is 6.42 Å². The zero-order valence-corrected chi connectivity index (χ0v) is 13.9. The number of nitrogens with one attached hydrogen (secondary N) is 1. The molecule has 1 saturated heterocycles. The Hall–Kier alpha value is -3.12. The molecule has 0 amide bonds. The third-order valence-electron chi connectivity index (χ3n) is 5.11. The van der Waals surface area contributed by atoms with Crippen LogP contribution in [0, 0.1) is 22.7 Å². The molecule has 2 aromatic heterocycles. The molecular weight excluding hydrogens is 312 g/mol. The summed E-state index contributed by atoms with van der Waals surface area (Å²) in [5, 5.41) is 21.9. The zero-order chi connectivity index (χ0) is 17.3. The van der Waals surface area contributed by atoms with Crippen LogP contribution < -0.4 is 10.2 Å². The summed E-state index contributed by atoms with van der Waals surface area (Å²) < 4.78 is 0. The number of rotatable bonds is 4. The molecule has 0 aromatic carbocycles. The molecule has 4 rings (SSSR count). The van der Waals surface area contributed by atoms with Gasteiger partial charge in [-0.2, -0.15) is 10.5 Å². The van der Waals surface area contributed by atoms with Crippen LogP contribution in [-0.4, -0.2) is 23.1 Å². The number of hydrogen-bond donors (Lipinski definition) is 1. The molecule has 6 nitrogen and oxygen atoms in total. The predicted molar refractivity (Wildman–Crippen MR) is 94.4 cm³/mol. The van der Waals surface area contributed by atoms with Gasteiger partial charge >= 0.3 is 0 Å². The van der Waals surface area contributed by atoms with Gasteiger partial charge in [0, 0.05) is 19.3 Å². The lowest BCUT2D eigenvalue weighted by Crippen LogP contribution is -2.38. The fourth-order valence-corrected chi connectivity index (χ4v) is 3.26. The van der Waals surface area contributed by atoms with Gasteiger partial charge in [0.1, 0.15) is 17.5 Å². The molecule has 25 heavy (non-hydrogen) atoms. The van der Waals surface area contributed by atoms with Crippen LogP contribution in [0.1, 0.15) is 36.8 Å². The van der Waals surface area contributed by atoms with E-state index in [1.54, 1.807) is 18.3 Å². The summed E-state index contributed by atoms with van der Waals surface area (Å²) in [4.78, 5) is 11.2. The van der Waals surface area contributed by atoms with Crippen molar-refractivity contribution in [2.45, 2.75) is 31.1 Å². The van der Waals surface area contributed by atoms with Gasteiger partial charge < -0.3 is 10.2 Å². The van der Waals surface area contributed by atoms with Crippen molar-refractivity contribution >= 4 is 17.5 Å².